The Balaban J connectivity index is 1.47. The summed E-state index contributed by atoms with van der Waals surface area (Å²) in [6, 6.07) is 16.7. The predicted octanol–water partition coefficient (Wildman–Crippen LogP) is 4.17. The number of urea groups is 1. The Morgan fingerprint density at radius 2 is 1.97 bits per heavy atom. The Morgan fingerprint density at radius 3 is 2.70 bits per heavy atom. The molecule has 1 aliphatic rings. The third-order valence-electron chi connectivity index (χ3n) is 4.75. The van der Waals surface area contributed by atoms with Crippen molar-refractivity contribution >= 4 is 40.7 Å². The van der Waals surface area contributed by atoms with Crippen LogP contribution in [0.25, 0.3) is 0 Å². The quantitative estimate of drug-likeness (QED) is 0.577. The molecule has 154 valence electrons. The summed E-state index contributed by atoms with van der Waals surface area (Å²) in [5.41, 5.74) is 3.33. The van der Waals surface area contributed by atoms with E-state index in [4.69, 9.17) is 0 Å². The maximum Gasteiger partial charge on any atom is 0.319 e. The van der Waals surface area contributed by atoms with E-state index in [9.17, 15) is 9.59 Å². The van der Waals surface area contributed by atoms with Crippen LogP contribution in [0, 0.1) is 0 Å². The lowest BCUT2D eigenvalue weighted by Gasteiger charge is -2.25. The Labute approximate surface area is 182 Å². The molecule has 1 unspecified atom stereocenters. The highest BCUT2D eigenvalue weighted by Gasteiger charge is 2.25. The normalized spacial score (nSPS) is 14.5. The van der Waals surface area contributed by atoms with Gasteiger partial charge >= 0.3 is 6.03 Å². The van der Waals surface area contributed by atoms with Gasteiger partial charge in [0.25, 0.3) is 0 Å². The molecule has 0 saturated carbocycles. The summed E-state index contributed by atoms with van der Waals surface area (Å²) in [6.07, 6.45) is 1.44. The molecule has 3 aromatic rings. The van der Waals surface area contributed by atoms with Gasteiger partial charge in [-0.3, -0.25) is 4.79 Å². The van der Waals surface area contributed by atoms with Crippen LogP contribution in [0.4, 0.5) is 10.5 Å². The standard InChI is InChI=1S/C21H21N5O2S2/c27-19-11-6-12-26(19)13-17(15-7-2-1-3-8-15)24-20(28)23-16-9-4-5-10-18(16)30-21-25-22-14-29-21/h1-5,7-10,14,17H,6,11-13H2,(H2,23,24,28). The van der Waals surface area contributed by atoms with Gasteiger partial charge in [-0.1, -0.05) is 65.6 Å². The zero-order valence-corrected chi connectivity index (χ0v) is 17.8. The number of amides is 3. The first-order valence-electron chi connectivity index (χ1n) is 9.62. The lowest BCUT2D eigenvalue weighted by atomic mass is 10.1. The van der Waals surface area contributed by atoms with Crippen LogP contribution in [0.2, 0.25) is 0 Å². The first-order valence-corrected chi connectivity index (χ1v) is 11.3. The Kier molecular flexibility index (Phi) is 6.60. The molecule has 0 radical (unpaired) electrons. The van der Waals surface area contributed by atoms with Crippen molar-refractivity contribution in [2.24, 2.45) is 0 Å². The second-order valence-electron chi connectivity index (χ2n) is 6.81. The lowest BCUT2D eigenvalue weighted by molar-refractivity contribution is -0.128. The summed E-state index contributed by atoms with van der Waals surface area (Å²) in [7, 11) is 0. The number of nitrogens with one attached hydrogen (secondary N) is 2. The summed E-state index contributed by atoms with van der Waals surface area (Å²) in [4.78, 5) is 27.6. The lowest BCUT2D eigenvalue weighted by Crippen LogP contribution is -2.40. The van der Waals surface area contributed by atoms with Gasteiger partial charge in [0, 0.05) is 24.4 Å². The molecule has 1 fully saturated rings. The summed E-state index contributed by atoms with van der Waals surface area (Å²) >= 11 is 2.90. The van der Waals surface area contributed by atoms with E-state index in [1.165, 1.54) is 23.1 Å². The van der Waals surface area contributed by atoms with Crippen molar-refractivity contribution < 1.29 is 9.59 Å². The number of hydrogen-bond acceptors (Lipinski definition) is 6. The number of carbonyl (C=O) groups is 2. The molecule has 4 rings (SSSR count). The van der Waals surface area contributed by atoms with Crippen molar-refractivity contribution in [3.05, 3.63) is 65.7 Å². The Hall–Kier alpha value is -2.91. The average Bonchev–Trinajstić information content (AvgIpc) is 3.41. The summed E-state index contributed by atoms with van der Waals surface area (Å²) < 4.78 is 0.805. The topological polar surface area (TPSA) is 87.2 Å². The van der Waals surface area contributed by atoms with Crippen LogP contribution in [0.5, 0.6) is 0 Å². The minimum Gasteiger partial charge on any atom is -0.340 e. The molecule has 1 atom stereocenters. The number of carbonyl (C=O) groups excluding carboxylic acids is 2. The van der Waals surface area contributed by atoms with Gasteiger partial charge in [0.15, 0.2) is 4.34 Å². The predicted molar refractivity (Wildman–Crippen MR) is 118 cm³/mol. The van der Waals surface area contributed by atoms with Crippen molar-refractivity contribution in [2.75, 3.05) is 18.4 Å². The number of hydrogen-bond donors (Lipinski definition) is 2. The van der Waals surface area contributed by atoms with Crippen LogP contribution >= 0.6 is 23.1 Å². The van der Waals surface area contributed by atoms with Gasteiger partial charge in [0.2, 0.25) is 5.91 Å². The van der Waals surface area contributed by atoms with E-state index in [-0.39, 0.29) is 18.0 Å². The van der Waals surface area contributed by atoms with E-state index < -0.39 is 0 Å². The number of likely N-dealkylation sites (tertiary alicyclic amines) is 1. The molecular formula is C21H21N5O2S2. The van der Waals surface area contributed by atoms with Crippen molar-refractivity contribution in [1.29, 1.82) is 0 Å². The number of rotatable bonds is 7. The summed E-state index contributed by atoms with van der Waals surface area (Å²) in [5, 5.41) is 13.9. The number of aromatic nitrogens is 2. The van der Waals surface area contributed by atoms with E-state index in [1.807, 2.05) is 59.5 Å². The number of benzene rings is 2. The fourth-order valence-corrected chi connectivity index (χ4v) is 4.84. The molecule has 2 N–H and O–H groups in total. The molecule has 0 bridgehead atoms. The Morgan fingerprint density at radius 1 is 1.17 bits per heavy atom. The smallest absolute Gasteiger partial charge is 0.319 e. The third-order valence-corrected chi connectivity index (χ3v) is 6.61. The van der Waals surface area contributed by atoms with Gasteiger partial charge in [-0.05, 0) is 24.1 Å². The zero-order chi connectivity index (χ0) is 20.8. The fourth-order valence-electron chi connectivity index (χ4n) is 3.31. The molecule has 3 amide bonds. The average molecular weight is 440 g/mol. The van der Waals surface area contributed by atoms with E-state index in [0.717, 1.165) is 27.8 Å². The number of nitrogens with zero attached hydrogens (tertiary/aromatic N) is 3. The number of para-hydroxylation sites is 1. The van der Waals surface area contributed by atoms with Crippen LogP contribution in [0.3, 0.4) is 0 Å². The van der Waals surface area contributed by atoms with E-state index in [2.05, 4.69) is 20.8 Å². The molecule has 1 aliphatic heterocycles. The molecule has 1 saturated heterocycles. The third kappa shape index (κ3) is 5.17. The Bertz CT molecular complexity index is 998. The van der Waals surface area contributed by atoms with Crippen molar-refractivity contribution in [1.82, 2.24) is 20.4 Å². The molecule has 2 aromatic carbocycles. The summed E-state index contributed by atoms with van der Waals surface area (Å²) in [5.74, 6) is 0.136. The first-order chi connectivity index (χ1) is 14.7. The fraction of sp³-hybridized carbons (Fsp3) is 0.238. The van der Waals surface area contributed by atoms with E-state index in [1.54, 1.807) is 5.51 Å². The van der Waals surface area contributed by atoms with Crippen molar-refractivity contribution in [3.8, 4) is 0 Å². The van der Waals surface area contributed by atoms with Crippen LogP contribution in [0.15, 0.2) is 69.3 Å². The molecule has 30 heavy (non-hydrogen) atoms. The van der Waals surface area contributed by atoms with Gasteiger partial charge in [0.1, 0.15) is 5.51 Å². The minimum atomic E-state index is -0.319. The minimum absolute atomic E-state index is 0.136. The molecule has 0 aliphatic carbocycles. The molecular weight excluding hydrogens is 418 g/mol. The van der Waals surface area contributed by atoms with Crippen LogP contribution < -0.4 is 10.6 Å². The van der Waals surface area contributed by atoms with Crippen LogP contribution in [-0.2, 0) is 4.79 Å². The highest BCUT2D eigenvalue weighted by atomic mass is 32.2. The van der Waals surface area contributed by atoms with E-state index in [0.29, 0.717) is 18.7 Å². The van der Waals surface area contributed by atoms with Gasteiger partial charge < -0.3 is 15.5 Å². The van der Waals surface area contributed by atoms with Gasteiger partial charge in [-0.2, -0.15) is 0 Å². The van der Waals surface area contributed by atoms with Gasteiger partial charge in [-0.15, -0.1) is 10.2 Å². The van der Waals surface area contributed by atoms with Crippen molar-refractivity contribution in [3.63, 3.8) is 0 Å². The van der Waals surface area contributed by atoms with Crippen LogP contribution in [0.1, 0.15) is 24.4 Å². The molecule has 1 aromatic heterocycles. The van der Waals surface area contributed by atoms with Crippen molar-refractivity contribution in [2.45, 2.75) is 28.1 Å². The van der Waals surface area contributed by atoms with E-state index >= 15 is 0 Å². The van der Waals surface area contributed by atoms with Crippen LogP contribution in [-0.4, -0.2) is 40.1 Å². The second-order valence-corrected chi connectivity index (χ2v) is 8.93. The largest absolute Gasteiger partial charge is 0.340 e. The maximum atomic E-state index is 12.8. The SMILES string of the molecule is O=C(Nc1ccccc1Sc1nncs1)NC(CN1CCCC1=O)c1ccccc1. The van der Waals surface area contributed by atoms with Gasteiger partial charge in [0.05, 0.1) is 11.7 Å². The highest BCUT2D eigenvalue weighted by molar-refractivity contribution is 8.01. The first kappa shape index (κ1) is 20.4. The summed E-state index contributed by atoms with van der Waals surface area (Å²) in [6.45, 7) is 1.18. The molecule has 9 heteroatoms. The second kappa shape index (κ2) is 9.73. The van der Waals surface area contributed by atoms with Gasteiger partial charge in [-0.25, -0.2) is 4.79 Å². The monoisotopic (exact) mass is 439 g/mol. The zero-order valence-electron chi connectivity index (χ0n) is 16.2. The number of anilines is 1. The molecule has 0 spiro atoms. The molecule has 2 heterocycles. The molecule has 7 nitrogen and oxygen atoms in total. The highest BCUT2D eigenvalue weighted by Crippen LogP contribution is 2.34. The maximum absolute atomic E-state index is 12.8.